The lowest BCUT2D eigenvalue weighted by molar-refractivity contribution is 0.0995. The van der Waals surface area contributed by atoms with Gasteiger partial charge < -0.3 is 9.84 Å². The second-order valence-corrected chi connectivity index (χ2v) is 11.3. The number of amides is 1. The van der Waals surface area contributed by atoms with Crippen molar-refractivity contribution < 1.29 is 23.8 Å². The first-order chi connectivity index (χ1) is 21.5. The van der Waals surface area contributed by atoms with E-state index in [4.69, 9.17) is 4.74 Å². The fourth-order valence-corrected chi connectivity index (χ4v) is 6.18. The smallest absolute Gasteiger partial charge is 0.291 e. The van der Waals surface area contributed by atoms with Crippen LogP contribution in [0.4, 0.5) is 14.9 Å². The molecule has 218 valence electrons. The molecule has 1 fully saturated rings. The number of anilines is 1. The van der Waals surface area contributed by atoms with Crippen LogP contribution in [0.5, 0.6) is 11.5 Å². The normalized spacial score (nSPS) is 15.5. The Bertz CT molecular complexity index is 1820. The number of nitrogens with zero attached hydrogens (tertiary/aromatic N) is 1. The number of allylic oxidation sites excluding steroid dienone is 1. The van der Waals surface area contributed by atoms with Crippen molar-refractivity contribution in [1.29, 1.82) is 0 Å². The number of halogens is 1. The van der Waals surface area contributed by atoms with Crippen molar-refractivity contribution in [2.45, 2.75) is 19.1 Å². The Morgan fingerprint density at radius 1 is 0.841 bits per heavy atom. The number of carbonyl (C=O) groups excluding carboxylic acids is 2. The minimum atomic E-state index is -0.556. The average Bonchev–Trinajstić information content (AvgIpc) is 3.39. The van der Waals surface area contributed by atoms with Crippen LogP contribution in [-0.4, -0.2) is 16.1 Å². The predicted octanol–water partition coefficient (Wildman–Crippen LogP) is 9.35. The fourth-order valence-electron chi connectivity index (χ4n) is 5.16. The molecule has 5 aromatic rings. The number of hydrogen-bond donors (Lipinski definition) is 1. The van der Waals surface area contributed by atoms with Gasteiger partial charge in [-0.2, -0.15) is 0 Å². The molecule has 0 aliphatic carbocycles. The number of para-hydroxylation sites is 1. The van der Waals surface area contributed by atoms with Gasteiger partial charge in [0.15, 0.2) is 5.78 Å². The van der Waals surface area contributed by atoms with Crippen LogP contribution in [0.15, 0.2) is 138 Å². The molecule has 0 unspecified atom stereocenters. The van der Waals surface area contributed by atoms with E-state index in [-0.39, 0.29) is 23.2 Å². The molecule has 0 bridgehead atoms. The third kappa shape index (κ3) is 6.43. The summed E-state index contributed by atoms with van der Waals surface area (Å²) in [7, 11) is 0. The lowest BCUT2D eigenvalue weighted by atomic mass is 9.97. The Morgan fingerprint density at radius 2 is 1.55 bits per heavy atom. The predicted molar refractivity (Wildman–Crippen MR) is 172 cm³/mol. The van der Waals surface area contributed by atoms with Gasteiger partial charge in [0.05, 0.1) is 6.04 Å². The standard InChI is InChI=1S/C37H28FNO4S/c38-29-17-14-26(15-18-29)33(41)20-21-35-36(39(37(42)44-35)30-11-5-2-6-12-30)32-19-16-28(27-10-7-13-31(40)22-27)23-34(32)43-24-25-8-3-1-4-9-25/h1-19,21-23,36,40H,20,24H2/t36-/m1/s1. The Labute approximate surface area is 259 Å². The van der Waals surface area contributed by atoms with Crippen LogP contribution in [-0.2, 0) is 6.61 Å². The van der Waals surface area contributed by atoms with Gasteiger partial charge in [0.2, 0.25) is 0 Å². The lowest BCUT2D eigenvalue weighted by Gasteiger charge is -2.27. The third-order valence-corrected chi connectivity index (χ3v) is 8.34. The number of hydrogen-bond acceptors (Lipinski definition) is 5. The molecule has 5 aromatic carbocycles. The molecular weight excluding hydrogens is 573 g/mol. The second kappa shape index (κ2) is 13.0. The molecule has 1 heterocycles. The maximum atomic E-state index is 13.6. The van der Waals surface area contributed by atoms with Crippen LogP contribution in [0.1, 0.15) is 33.9 Å². The van der Waals surface area contributed by atoms with Gasteiger partial charge in [0.25, 0.3) is 5.24 Å². The van der Waals surface area contributed by atoms with Crippen LogP contribution in [0, 0.1) is 5.82 Å². The molecule has 0 saturated carbocycles. The minimum absolute atomic E-state index is 0.0436. The fraction of sp³-hybridized carbons (Fsp3) is 0.0811. The Kier molecular flexibility index (Phi) is 8.57. The van der Waals surface area contributed by atoms with Gasteiger partial charge in [-0.25, -0.2) is 4.39 Å². The second-order valence-electron chi connectivity index (χ2n) is 10.3. The molecule has 1 saturated heterocycles. The van der Waals surface area contributed by atoms with E-state index in [1.807, 2.05) is 84.9 Å². The summed E-state index contributed by atoms with van der Waals surface area (Å²) in [5.41, 5.74) is 4.52. The summed E-state index contributed by atoms with van der Waals surface area (Å²) < 4.78 is 19.9. The van der Waals surface area contributed by atoms with Gasteiger partial charge in [-0.3, -0.25) is 14.5 Å². The first-order valence-corrected chi connectivity index (χ1v) is 14.9. The summed E-state index contributed by atoms with van der Waals surface area (Å²) >= 11 is 1.08. The highest BCUT2D eigenvalue weighted by Crippen LogP contribution is 2.50. The van der Waals surface area contributed by atoms with Crippen molar-refractivity contribution in [3.05, 3.63) is 161 Å². The van der Waals surface area contributed by atoms with Gasteiger partial charge in [-0.15, -0.1) is 0 Å². The summed E-state index contributed by atoms with van der Waals surface area (Å²) in [5.74, 6) is 0.143. The van der Waals surface area contributed by atoms with E-state index < -0.39 is 11.9 Å². The SMILES string of the molecule is O=C(CC=C1SC(=O)N(c2ccccc2)[C@@H]1c1ccc(-c2cccc(O)c2)cc1OCc1ccccc1)c1ccc(F)cc1. The zero-order chi connectivity index (χ0) is 30.5. The molecule has 44 heavy (non-hydrogen) atoms. The van der Waals surface area contributed by atoms with E-state index in [9.17, 15) is 19.1 Å². The van der Waals surface area contributed by atoms with Crippen molar-refractivity contribution in [2.75, 3.05) is 4.90 Å². The van der Waals surface area contributed by atoms with Crippen LogP contribution in [0.25, 0.3) is 11.1 Å². The molecule has 1 N–H and O–H groups in total. The Hall–Kier alpha value is -5.14. The number of thioether (sulfide) groups is 1. The summed E-state index contributed by atoms with van der Waals surface area (Å²) in [6.07, 6.45) is 1.83. The van der Waals surface area contributed by atoms with Crippen molar-refractivity contribution in [1.82, 2.24) is 0 Å². The van der Waals surface area contributed by atoms with E-state index in [0.29, 0.717) is 28.5 Å². The molecule has 1 atom stereocenters. The molecule has 1 amide bonds. The van der Waals surface area contributed by atoms with Gasteiger partial charge in [0, 0.05) is 28.1 Å². The molecule has 0 spiro atoms. The number of carbonyl (C=O) groups is 2. The summed E-state index contributed by atoms with van der Waals surface area (Å²) in [4.78, 5) is 29.0. The van der Waals surface area contributed by atoms with Crippen molar-refractivity contribution in [3.8, 4) is 22.6 Å². The van der Waals surface area contributed by atoms with E-state index >= 15 is 0 Å². The molecule has 7 heteroatoms. The van der Waals surface area contributed by atoms with Crippen molar-refractivity contribution >= 4 is 28.5 Å². The highest BCUT2D eigenvalue weighted by molar-refractivity contribution is 8.17. The monoisotopic (exact) mass is 601 g/mol. The molecule has 5 nitrogen and oxygen atoms in total. The maximum absolute atomic E-state index is 13.6. The van der Waals surface area contributed by atoms with E-state index in [1.54, 1.807) is 29.2 Å². The van der Waals surface area contributed by atoms with Crippen LogP contribution >= 0.6 is 11.8 Å². The minimum Gasteiger partial charge on any atom is -0.508 e. The number of ketones is 1. The lowest BCUT2D eigenvalue weighted by Crippen LogP contribution is -2.26. The maximum Gasteiger partial charge on any atom is 0.291 e. The van der Waals surface area contributed by atoms with Gasteiger partial charge in [0.1, 0.15) is 23.9 Å². The molecule has 0 radical (unpaired) electrons. The summed E-state index contributed by atoms with van der Waals surface area (Å²) in [6.45, 7) is 0.304. The molecule has 6 rings (SSSR count). The molecular formula is C37H28FNO4S. The number of benzene rings is 5. The Balaban J connectivity index is 1.43. The number of rotatable bonds is 9. The van der Waals surface area contributed by atoms with Crippen molar-refractivity contribution in [2.24, 2.45) is 0 Å². The molecule has 0 aromatic heterocycles. The first-order valence-electron chi connectivity index (χ1n) is 14.1. The quantitative estimate of drug-likeness (QED) is 0.171. The number of phenolic OH excluding ortho intramolecular Hbond substituents is 1. The van der Waals surface area contributed by atoms with Crippen LogP contribution in [0.2, 0.25) is 0 Å². The average molecular weight is 602 g/mol. The van der Waals surface area contributed by atoms with E-state index in [2.05, 4.69) is 0 Å². The number of Topliss-reactive ketones (excluding diaryl/α,β-unsaturated/α-hetero) is 1. The van der Waals surface area contributed by atoms with Crippen LogP contribution in [0.3, 0.4) is 0 Å². The number of phenols is 1. The van der Waals surface area contributed by atoms with Gasteiger partial charge >= 0.3 is 0 Å². The van der Waals surface area contributed by atoms with E-state index in [1.165, 1.54) is 24.3 Å². The van der Waals surface area contributed by atoms with Crippen LogP contribution < -0.4 is 9.64 Å². The molecule has 1 aliphatic heterocycles. The zero-order valence-electron chi connectivity index (χ0n) is 23.6. The van der Waals surface area contributed by atoms with Crippen molar-refractivity contribution in [3.63, 3.8) is 0 Å². The van der Waals surface area contributed by atoms with E-state index in [0.717, 1.165) is 34.0 Å². The van der Waals surface area contributed by atoms with Gasteiger partial charge in [-0.05, 0) is 83.0 Å². The first kappa shape index (κ1) is 29.0. The number of ether oxygens (including phenoxy) is 1. The molecule has 1 aliphatic rings. The highest BCUT2D eigenvalue weighted by atomic mass is 32.2. The zero-order valence-corrected chi connectivity index (χ0v) is 24.4. The largest absolute Gasteiger partial charge is 0.508 e. The third-order valence-electron chi connectivity index (χ3n) is 7.34. The summed E-state index contributed by atoms with van der Waals surface area (Å²) in [5, 5.41) is 9.94. The topological polar surface area (TPSA) is 66.8 Å². The Morgan fingerprint density at radius 3 is 2.27 bits per heavy atom. The number of aromatic hydroxyl groups is 1. The summed E-state index contributed by atoms with van der Waals surface area (Å²) in [6, 6.07) is 36.9. The van der Waals surface area contributed by atoms with Gasteiger partial charge in [-0.1, -0.05) is 78.9 Å². The highest BCUT2D eigenvalue weighted by Gasteiger charge is 2.40.